The normalized spacial score (nSPS) is 23.7. The number of rotatable bonds is 5. The fraction of sp³-hybridized carbons (Fsp3) is 0.600. The van der Waals surface area contributed by atoms with Crippen molar-refractivity contribution in [2.75, 3.05) is 25.9 Å². The minimum absolute atomic E-state index is 0.00207. The zero-order valence-corrected chi connectivity index (χ0v) is 13.2. The Labute approximate surface area is 126 Å². The van der Waals surface area contributed by atoms with Crippen LogP contribution in [0.15, 0.2) is 30.3 Å². The van der Waals surface area contributed by atoms with E-state index in [1.165, 1.54) is 10.6 Å². The Kier molecular flexibility index (Phi) is 5.01. The van der Waals surface area contributed by atoms with Crippen LogP contribution < -0.4 is 5.73 Å². The highest BCUT2D eigenvalue weighted by Gasteiger charge is 2.36. The van der Waals surface area contributed by atoms with Gasteiger partial charge < -0.3 is 5.73 Å². The molecule has 0 saturated carbocycles. The van der Waals surface area contributed by atoms with Gasteiger partial charge in [-0.15, -0.1) is 0 Å². The Morgan fingerprint density at radius 2 is 2.05 bits per heavy atom. The predicted octanol–water partition coefficient (Wildman–Crippen LogP) is 1.87. The molecule has 0 amide bonds. The van der Waals surface area contributed by atoms with Gasteiger partial charge in [-0.1, -0.05) is 30.3 Å². The van der Waals surface area contributed by atoms with Gasteiger partial charge in [-0.2, -0.15) is 0 Å². The molecule has 1 aliphatic rings. The molecule has 0 aromatic heterocycles. The van der Waals surface area contributed by atoms with Gasteiger partial charge in [-0.05, 0) is 30.7 Å². The number of alkyl halides is 1. The van der Waals surface area contributed by atoms with Gasteiger partial charge in [-0.3, -0.25) is 0 Å². The fourth-order valence-corrected chi connectivity index (χ4v) is 3.95. The van der Waals surface area contributed by atoms with Crippen molar-refractivity contribution in [3.8, 4) is 0 Å². The Balaban J connectivity index is 2.12. The topological polar surface area (TPSA) is 63.4 Å². The van der Waals surface area contributed by atoms with E-state index in [0.29, 0.717) is 18.7 Å². The maximum absolute atomic E-state index is 15.2. The van der Waals surface area contributed by atoms with Crippen LogP contribution in [0.5, 0.6) is 0 Å². The first-order chi connectivity index (χ1) is 9.85. The van der Waals surface area contributed by atoms with E-state index in [-0.39, 0.29) is 18.9 Å². The van der Waals surface area contributed by atoms with Crippen molar-refractivity contribution in [2.45, 2.75) is 24.9 Å². The van der Waals surface area contributed by atoms with Crippen molar-refractivity contribution in [3.63, 3.8) is 0 Å². The summed E-state index contributed by atoms with van der Waals surface area (Å²) in [6, 6.07) is 8.91. The van der Waals surface area contributed by atoms with E-state index < -0.39 is 15.7 Å². The number of halogens is 1. The molecule has 4 nitrogen and oxygen atoms in total. The second kappa shape index (κ2) is 6.42. The first-order valence-electron chi connectivity index (χ1n) is 7.25. The van der Waals surface area contributed by atoms with Crippen molar-refractivity contribution in [2.24, 2.45) is 11.7 Å². The number of nitrogens with zero attached hydrogens (tertiary/aromatic N) is 1. The number of piperidine rings is 1. The van der Waals surface area contributed by atoms with Gasteiger partial charge in [0, 0.05) is 19.6 Å². The third-order valence-electron chi connectivity index (χ3n) is 4.18. The summed E-state index contributed by atoms with van der Waals surface area (Å²) in [5.74, 6) is 0.00207. The van der Waals surface area contributed by atoms with Crippen molar-refractivity contribution in [1.82, 2.24) is 4.31 Å². The average Bonchev–Trinajstić information content (AvgIpc) is 2.47. The first-order valence-corrected chi connectivity index (χ1v) is 9.09. The summed E-state index contributed by atoms with van der Waals surface area (Å²) in [6.45, 7) is 0.826. The number of hydrogen-bond acceptors (Lipinski definition) is 3. The van der Waals surface area contributed by atoms with E-state index in [9.17, 15) is 8.42 Å². The molecule has 0 aliphatic carbocycles. The zero-order chi connectivity index (χ0) is 15.5. The van der Waals surface area contributed by atoms with Gasteiger partial charge in [0.1, 0.15) is 5.67 Å². The maximum atomic E-state index is 15.2. The summed E-state index contributed by atoms with van der Waals surface area (Å²) < 4.78 is 39.9. The molecular formula is C15H23FN2O2S. The lowest BCUT2D eigenvalue weighted by atomic mass is 9.83. The highest BCUT2D eigenvalue weighted by atomic mass is 32.2. The second-order valence-electron chi connectivity index (χ2n) is 5.87. The number of benzene rings is 1. The zero-order valence-electron chi connectivity index (χ0n) is 12.3. The van der Waals surface area contributed by atoms with Crippen LogP contribution >= 0.6 is 0 Å². The first kappa shape index (κ1) is 16.4. The SMILES string of the molecule is CS(=O)(=O)N1CCCC(CC(F)(CN)c2ccccc2)C1. The summed E-state index contributed by atoms with van der Waals surface area (Å²) in [5.41, 5.74) is 4.65. The summed E-state index contributed by atoms with van der Waals surface area (Å²) in [7, 11) is -3.21. The van der Waals surface area contributed by atoms with Crippen molar-refractivity contribution in [3.05, 3.63) is 35.9 Å². The molecule has 1 aliphatic heterocycles. The monoisotopic (exact) mass is 314 g/mol. The highest BCUT2D eigenvalue weighted by Crippen LogP contribution is 2.35. The standard InChI is InChI=1S/C15H23FN2O2S/c1-21(19,20)18-9-5-6-13(11-18)10-15(16,12-17)14-7-3-2-4-8-14/h2-4,7-8,13H,5-6,9-12,17H2,1H3. The van der Waals surface area contributed by atoms with Gasteiger partial charge in [0.05, 0.1) is 6.26 Å². The fourth-order valence-electron chi connectivity index (χ4n) is 3.01. The van der Waals surface area contributed by atoms with Crippen LogP contribution in [-0.4, -0.2) is 38.6 Å². The molecule has 2 atom stereocenters. The summed E-state index contributed by atoms with van der Waals surface area (Å²) in [4.78, 5) is 0. The Hall–Kier alpha value is -0.980. The third kappa shape index (κ3) is 4.02. The largest absolute Gasteiger partial charge is 0.327 e. The van der Waals surface area contributed by atoms with Crippen molar-refractivity contribution in [1.29, 1.82) is 0 Å². The molecule has 1 aromatic rings. The van der Waals surface area contributed by atoms with Crippen LogP contribution in [0.4, 0.5) is 4.39 Å². The highest BCUT2D eigenvalue weighted by molar-refractivity contribution is 7.88. The van der Waals surface area contributed by atoms with E-state index in [2.05, 4.69) is 0 Å². The molecule has 0 spiro atoms. The van der Waals surface area contributed by atoms with Gasteiger partial charge in [-0.25, -0.2) is 17.1 Å². The van der Waals surface area contributed by atoms with Crippen LogP contribution in [-0.2, 0) is 15.7 Å². The summed E-state index contributed by atoms with van der Waals surface area (Å²) in [5, 5.41) is 0. The number of hydrogen-bond donors (Lipinski definition) is 1. The quantitative estimate of drug-likeness (QED) is 0.902. The third-order valence-corrected chi connectivity index (χ3v) is 5.45. The van der Waals surface area contributed by atoms with Crippen LogP contribution in [0.3, 0.4) is 0 Å². The molecule has 0 radical (unpaired) electrons. The van der Waals surface area contributed by atoms with Gasteiger partial charge in [0.15, 0.2) is 0 Å². The van der Waals surface area contributed by atoms with Crippen LogP contribution in [0.25, 0.3) is 0 Å². The molecule has 21 heavy (non-hydrogen) atoms. The molecule has 2 rings (SSSR count). The lowest BCUT2D eigenvalue weighted by Gasteiger charge is -2.35. The maximum Gasteiger partial charge on any atom is 0.211 e. The molecule has 1 fully saturated rings. The summed E-state index contributed by atoms with van der Waals surface area (Å²) in [6.07, 6.45) is 3.08. The predicted molar refractivity (Wildman–Crippen MR) is 82.0 cm³/mol. The molecular weight excluding hydrogens is 291 g/mol. The van der Waals surface area contributed by atoms with E-state index in [1.807, 2.05) is 6.07 Å². The molecule has 118 valence electrons. The Bertz CT molecular complexity index is 564. The smallest absolute Gasteiger partial charge is 0.211 e. The van der Waals surface area contributed by atoms with E-state index >= 15 is 4.39 Å². The Morgan fingerprint density at radius 1 is 1.38 bits per heavy atom. The molecule has 1 heterocycles. The van der Waals surface area contributed by atoms with Crippen LogP contribution in [0.2, 0.25) is 0 Å². The van der Waals surface area contributed by atoms with E-state index in [1.54, 1.807) is 24.3 Å². The lowest BCUT2D eigenvalue weighted by molar-refractivity contribution is 0.108. The van der Waals surface area contributed by atoms with Gasteiger partial charge in [0.2, 0.25) is 10.0 Å². The van der Waals surface area contributed by atoms with E-state index in [0.717, 1.165) is 12.8 Å². The number of nitrogens with two attached hydrogens (primary N) is 1. The molecule has 6 heteroatoms. The molecule has 0 bridgehead atoms. The lowest BCUT2D eigenvalue weighted by Crippen LogP contribution is -2.42. The minimum atomic E-state index is -3.21. The molecule has 1 saturated heterocycles. The second-order valence-corrected chi connectivity index (χ2v) is 7.85. The molecule has 2 N–H and O–H groups in total. The summed E-state index contributed by atoms with van der Waals surface area (Å²) >= 11 is 0. The van der Waals surface area contributed by atoms with Crippen molar-refractivity contribution < 1.29 is 12.8 Å². The average molecular weight is 314 g/mol. The molecule has 1 aromatic carbocycles. The van der Waals surface area contributed by atoms with Crippen molar-refractivity contribution >= 4 is 10.0 Å². The van der Waals surface area contributed by atoms with Crippen LogP contribution in [0, 0.1) is 5.92 Å². The Morgan fingerprint density at radius 3 is 2.62 bits per heavy atom. The van der Waals surface area contributed by atoms with Crippen LogP contribution in [0.1, 0.15) is 24.8 Å². The van der Waals surface area contributed by atoms with Gasteiger partial charge in [0.25, 0.3) is 0 Å². The van der Waals surface area contributed by atoms with E-state index in [4.69, 9.17) is 5.73 Å². The number of sulfonamides is 1. The molecule has 2 unspecified atom stereocenters. The van der Waals surface area contributed by atoms with Gasteiger partial charge >= 0.3 is 0 Å². The minimum Gasteiger partial charge on any atom is -0.327 e.